The maximum absolute atomic E-state index is 10.9. The second kappa shape index (κ2) is 3.56. The van der Waals surface area contributed by atoms with Gasteiger partial charge in [-0.15, -0.1) is 0 Å². The third-order valence-corrected chi connectivity index (χ3v) is 2.49. The molecule has 0 saturated carbocycles. The molecule has 1 atom stereocenters. The Morgan fingerprint density at radius 2 is 1.92 bits per heavy atom. The topological polar surface area (TPSA) is 43.1 Å². The maximum Gasteiger partial charge on any atom is 0.244 e. The molecule has 0 radical (unpaired) electrons. The molecule has 0 amide bonds. The molecule has 0 heterocycles. The molecule has 1 aromatic carbocycles. The normalized spacial score (nSPS) is 14.9. The van der Waals surface area contributed by atoms with Crippen LogP contribution in [0.25, 0.3) is 0 Å². The molecule has 0 bridgehead atoms. The Balaban J connectivity index is 3.11. The third kappa shape index (κ3) is 1.69. The highest BCUT2D eigenvalue weighted by Crippen LogP contribution is 2.27. The van der Waals surface area contributed by atoms with E-state index in [1.54, 1.807) is 19.1 Å². The van der Waals surface area contributed by atoms with Crippen LogP contribution in [0.4, 0.5) is 0 Å². The van der Waals surface area contributed by atoms with Crippen molar-refractivity contribution in [3.63, 3.8) is 0 Å². The van der Waals surface area contributed by atoms with Crippen LogP contribution in [-0.4, -0.2) is 4.92 Å². The SMILES string of the molecule is CCC(C)(c1ccccc1)[N+](=O)[O-]. The largest absolute Gasteiger partial charge is 0.264 e. The second-order valence-electron chi connectivity index (χ2n) is 3.25. The number of hydrogen-bond acceptors (Lipinski definition) is 2. The van der Waals surface area contributed by atoms with Crippen molar-refractivity contribution in [1.82, 2.24) is 0 Å². The quantitative estimate of drug-likeness (QED) is 0.528. The van der Waals surface area contributed by atoms with E-state index in [4.69, 9.17) is 0 Å². The van der Waals surface area contributed by atoms with E-state index >= 15 is 0 Å². The first-order valence-electron chi connectivity index (χ1n) is 4.31. The van der Waals surface area contributed by atoms with E-state index in [1.165, 1.54) is 0 Å². The van der Waals surface area contributed by atoms with Crippen molar-refractivity contribution in [3.8, 4) is 0 Å². The Kier molecular flexibility index (Phi) is 2.66. The molecule has 70 valence electrons. The molecule has 0 spiro atoms. The fourth-order valence-electron chi connectivity index (χ4n) is 1.24. The Hall–Kier alpha value is -1.38. The zero-order valence-electron chi connectivity index (χ0n) is 7.86. The number of rotatable bonds is 3. The van der Waals surface area contributed by atoms with Gasteiger partial charge in [-0.1, -0.05) is 37.3 Å². The summed E-state index contributed by atoms with van der Waals surface area (Å²) in [6.45, 7) is 3.48. The van der Waals surface area contributed by atoms with E-state index in [-0.39, 0.29) is 4.92 Å². The van der Waals surface area contributed by atoms with E-state index in [0.717, 1.165) is 5.56 Å². The van der Waals surface area contributed by atoms with Gasteiger partial charge in [0.15, 0.2) is 0 Å². The molecule has 0 saturated heterocycles. The summed E-state index contributed by atoms with van der Waals surface area (Å²) in [7, 11) is 0. The predicted octanol–water partition coefficient (Wildman–Crippen LogP) is 2.59. The first-order valence-corrected chi connectivity index (χ1v) is 4.31. The molecule has 1 rings (SSSR count). The lowest BCUT2D eigenvalue weighted by atomic mass is 9.90. The summed E-state index contributed by atoms with van der Waals surface area (Å²) in [6.07, 6.45) is 0.504. The predicted molar refractivity (Wildman–Crippen MR) is 51.1 cm³/mol. The maximum atomic E-state index is 10.9. The lowest BCUT2D eigenvalue weighted by Gasteiger charge is -2.18. The molecule has 3 heteroatoms. The summed E-state index contributed by atoms with van der Waals surface area (Å²) in [5.41, 5.74) is -0.177. The first kappa shape index (κ1) is 9.71. The highest BCUT2D eigenvalue weighted by atomic mass is 16.6. The van der Waals surface area contributed by atoms with Crippen LogP contribution >= 0.6 is 0 Å². The molecule has 0 fully saturated rings. The lowest BCUT2D eigenvalue weighted by Crippen LogP contribution is -2.30. The van der Waals surface area contributed by atoms with E-state index < -0.39 is 5.54 Å². The summed E-state index contributed by atoms with van der Waals surface area (Å²) in [4.78, 5) is 10.6. The van der Waals surface area contributed by atoms with Gasteiger partial charge in [-0.05, 0) is 0 Å². The molecular formula is C10H13NO2. The number of nitro groups is 1. The molecule has 1 aromatic rings. The van der Waals surface area contributed by atoms with Crippen molar-refractivity contribution in [3.05, 3.63) is 46.0 Å². The van der Waals surface area contributed by atoms with Gasteiger partial charge >= 0.3 is 0 Å². The smallest absolute Gasteiger partial charge is 0.244 e. The molecule has 13 heavy (non-hydrogen) atoms. The highest BCUT2D eigenvalue weighted by Gasteiger charge is 2.36. The van der Waals surface area contributed by atoms with Crippen LogP contribution in [0.15, 0.2) is 30.3 Å². The van der Waals surface area contributed by atoms with E-state index in [0.29, 0.717) is 6.42 Å². The standard InChI is InChI=1S/C10H13NO2/c1-3-10(2,11(12)13)9-7-5-4-6-8-9/h4-8H,3H2,1-2H3. The van der Waals surface area contributed by atoms with Gasteiger partial charge in [-0.3, -0.25) is 10.1 Å². The lowest BCUT2D eigenvalue weighted by molar-refractivity contribution is -0.575. The monoisotopic (exact) mass is 179 g/mol. The second-order valence-corrected chi connectivity index (χ2v) is 3.25. The molecule has 0 N–H and O–H groups in total. The Morgan fingerprint density at radius 3 is 2.31 bits per heavy atom. The van der Waals surface area contributed by atoms with Crippen LogP contribution in [0.1, 0.15) is 25.8 Å². The molecule has 0 aliphatic heterocycles. The van der Waals surface area contributed by atoms with Crippen molar-refractivity contribution < 1.29 is 4.92 Å². The van der Waals surface area contributed by atoms with Gasteiger partial charge in [-0.25, -0.2) is 0 Å². The van der Waals surface area contributed by atoms with Gasteiger partial charge in [-0.2, -0.15) is 0 Å². The Labute approximate surface area is 77.5 Å². The van der Waals surface area contributed by atoms with Crippen LogP contribution in [0.5, 0.6) is 0 Å². The van der Waals surface area contributed by atoms with Gasteiger partial charge in [0.05, 0.1) is 0 Å². The molecule has 3 nitrogen and oxygen atoms in total. The summed E-state index contributed by atoms with van der Waals surface area (Å²) >= 11 is 0. The zero-order chi connectivity index (χ0) is 9.90. The van der Waals surface area contributed by atoms with Crippen molar-refractivity contribution >= 4 is 0 Å². The molecule has 0 aliphatic rings. The van der Waals surface area contributed by atoms with Crippen LogP contribution < -0.4 is 0 Å². The highest BCUT2D eigenvalue weighted by molar-refractivity contribution is 5.21. The fraction of sp³-hybridized carbons (Fsp3) is 0.400. The van der Waals surface area contributed by atoms with Crippen molar-refractivity contribution in [2.45, 2.75) is 25.8 Å². The van der Waals surface area contributed by atoms with Crippen LogP contribution in [0.2, 0.25) is 0 Å². The molecule has 0 aromatic heterocycles. The van der Waals surface area contributed by atoms with Crippen molar-refractivity contribution in [1.29, 1.82) is 0 Å². The number of hydrogen-bond donors (Lipinski definition) is 0. The summed E-state index contributed by atoms with van der Waals surface area (Å²) < 4.78 is 0. The summed E-state index contributed by atoms with van der Waals surface area (Å²) in [6, 6.07) is 9.11. The Bertz CT molecular complexity index is 297. The molecule has 1 unspecified atom stereocenters. The molecule has 0 aliphatic carbocycles. The number of benzene rings is 1. The zero-order valence-corrected chi connectivity index (χ0v) is 7.86. The first-order chi connectivity index (χ1) is 6.11. The van der Waals surface area contributed by atoms with Gasteiger partial charge in [0, 0.05) is 23.8 Å². The third-order valence-electron chi connectivity index (χ3n) is 2.49. The van der Waals surface area contributed by atoms with Gasteiger partial charge in [0.2, 0.25) is 5.54 Å². The van der Waals surface area contributed by atoms with Crippen LogP contribution in [-0.2, 0) is 5.54 Å². The van der Waals surface area contributed by atoms with Gasteiger partial charge < -0.3 is 0 Å². The van der Waals surface area contributed by atoms with E-state index in [2.05, 4.69) is 0 Å². The van der Waals surface area contributed by atoms with Crippen molar-refractivity contribution in [2.75, 3.05) is 0 Å². The van der Waals surface area contributed by atoms with Crippen LogP contribution in [0, 0.1) is 10.1 Å². The van der Waals surface area contributed by atoms with Gasteiger partial charge in [0.25, 0.3) is 0 Å². The Morgan fingerprint density at radius 1 is 1.38 bits per heavy atom. The van der Waals surface area contributed by atoms with Crippen molar-refractivity contribution in [2.24, 2.45) is 0 Å². The minimum atomic E-state index is -0.943. The van der Waals surface area contributed by atoms with E-state index in [1.807, 2.05) is 25.1 Å². The van der Waals surface area contributed by atoms with Crippen LogP contribution in [0.3, 0.4) is 0 Å². The molecular weight excluding hydrogens is 166 g/mol. The average molecular weight is 179 g/mol. The van der Waals surface area contributed by atoms with E-state index in [9.17, 15) is 10.1 Å². The summed E-state index contributed by atoms with van der Waals surface area (Å²) in [5.74, 6) is 0. The fourth-order valence-corrected chi connectivity index (χ4v) is 1.24. The number of nitrogens with zero attached hydrogens (tertiary/aromatic N) is 1. The average Bonchev–Trinajstić information content (AvgIpc) is 2.17. The summed E-state index contributed by atoms with van der Waals surface area (Å²) in [5, 5.41) is 10.9. The van der Waals surface area contributed by atoms with Gasteiger partial charge in [0.1, 0.15) is 0 Å². The minimum absolute atomic E-state index is 0.220. The minimum Gasteiger partial charge on any atom is -0.264 e.